The van der Waals surface area contributed by atoms with E-state index in [1.807, 2.05) is 36.5 Å². The maximum absolute atomic E-state index is 13.3. The highest BCUT2D eigenvalue weighted by molar-refractivity contribution is 6.02. The van der Waals surface area contributed by atoms with Crippen LogP contribution >= 0.6 is 0 Å². The Morgan fingerprint density at radius 1 is 1.00 bits per heavy atom. The van der Waals surface area contributed by atoms with Gasteiger partial charge in [-0.25, -0.2) is 9.97 Å². The lowest BCUT2D eigenvalue weighted by Gasteiger charge is -2.11. The van der Waals surface area contributed by atoms with E-state index in [-0.39, 0.29) is 0 Å². The normalized spacial score (nSPS) is 11.9. The van der Waals surface area contributed by atoms with E-state index in [0.717, 1.165) is 48.2 Å². The van der Waals surface area contributed by atoms with Crippen LogP contribution in [0.15, 0.2) is 67.1 Å². The number of hydrogen-bond acceptors (Lipinski definition) is 3. The number of quaternary nitrogens is 1. The first-order valence-electron chi connectivity index (χ1n) is 10.5. The molecule has 0 unspecified atom stereocenters. The lowest BCUT2D eigenvalue weighted by Crippen LogP contribution is -3.05. The van der Waals surface area contributed by atoms with E-state index >= 15 is 0 Å². The zero-order valence-corrected chi connectivity index (χ0v) is 17.9. The number of benzene rings is 2. The Balaban J connectivity index is 1.84. The predicted molar refractivity (Wildman–Crippen MR) is 120 cm³/mol. The molecule has 32 heavy (non-hydrogen) atoms. The van der Waals surface area contributed by atoms with Gasteiger partial charge < -0.3 is 14.8 Å². The summed E-state index contributed by atoms with van der Waals surface area (Å²) in [5.74, 6) is 0.674. The van der Waals surface area contributed by atoms with Crippen LogP contribution in [0.5, 0.6) is 0 Å². The Hall–Kier alpha value is -3.39. The van der Waals surface area contributed by atoms with Gasteiger partial charge in [0.25, 0.3) is 0 Å². The van der Waals surface area contributed by atoms with Gasteiger partial charge in [0.05, 0.1) is 31.6 Å². The number of fused-ring (bicyclic) bond motifs is 1. The number of aromatic nitrogens is 3. The van der Waals surface area contributed by atoms with Crippen LogP contribution < -0.4 is 10.2 Å². The Labute approximate surface area is 184 Å². The third kappa shape index (κ3) is 4.60. The first-order valence-corrected chi connectivity index (χ1v) is 10.5. The Morgan fingerprint density at radius 3 is 2.50 bits per heavy atom. The average molecular weight is 440 g/mol. The Bertz CT molecular complexity index is 1200. The minimum Gasteiger partial charge on any atom is -0.369 e. The molecule has 0 spiro atoms. The summed E-state index contributed by atoms with van der Waals surface area (Å²) in [7, 11) is 4.21. The molecular formula is C24H25F3N5+. The number of nitrogens with zero attached hydrogens (tertiary/aromatic N) is 3. The van der Waals surface area contributed by atoms with Gasteiger partial charge in [0.2, 0.25) is 0 Å². The monoisotopic (exact) mass is 440 g/mol. The first kappa shape index (κ1) is 21.8. The van der Waals surface area contributed by atoms with E-state index < -0.39 is 11.7 Å². The van der Waals surface area contributed by atoms with Crippen molar-refractivity contribution in [1.82, 2.24) is 14.5 Å². The Kier molecular flexibility index (Phi) is 6.14. The summed E-state index contributed by atoms with van der Waals surface area (Å²) < 4.78 is 41.6. The molecule has 2 N–H and O–H groups in total. The van der Waals surface area contributed by atoms with Gasteiger partial charge >= 0.3 is 6.18 Å². The molecule has 0 aliphatic rings. The summed E-state index contributed by atoms with van der Waals surface area (Å²) in [6.45, 7) is 1.75. The topological polar surface area (TPSA) is 47.2 Å². The molecule has 0 radical (unpaired) electrons. The summed E-state index contributed by atoms with van der Waals surface area (Å²) in [6, 6.07) is 15.0. The van der Waals surface area contributed by atoms with Gasteiger partial charge in [0.15, 0.2) is 5.65 Å². The molecule has 2 aromatic heterocycles. The van der Waals surface area contributed by atoms with Crippen molar-refractivity contribution in [2.45, 2.75) is 12.6 Å². The largest absolute Gasteiger partial charge is 0.416 e. The van der Waals surface area contributed by atoms with Crippen LogP contribution in [0.25, 0.3) is 27.8 Å². The first-order chi connectivity index (χ1) is 15.3. The predicted octanol–water partition coefficient (Wildman–Crippen LogP) is 4.05. The maximum atomic E-state index is 13.3. The standard InChI is InChI=1S/C24H24F3N5/c1-31(2)13-7-12-28-22-21-20(17-8-4-3-5-9-17)15-32(23(21)30-16-29-22)19-11-6-10-18(14-19)24(25,26)27/h3-6,8-11,14-16H,7,12-13H2,1-2H3,(H,28,29,30)/p+1. The number of nitrogens with one attached hydrogen (secondary N) is 2. The third-order valence-electron chi connectivity index (χ3n) is 5.27. The molecule has 4 aromatic rings. The molecule has 4 rings (SSSR count). The van der Waals surface area contributed by atoms with Crippen LogP contribution in [-0.4, -0.2) is 41.7 Å². The van der Waals surface area contributed by atoms with Gasteiger partial charge in [-0.1, -0.05) is 36.4 Å². The molecule has 0 atom stereocenters. The Morgan fingerprint density at radius 2 is 1.78 bits per heavy atom. The van der Waals surface area contributed by atoms with E-state index in [0.29, 0.717) is 17.2 Å². The number of hydrogen-bond donors (Lipinski definition) is 2. The number of alkyl halides is 3. The van der Waals surface area contributed by atoms with Crippen LogP contribution in [0, 0.1) is 0 Å². The van der Waals surface area contributed by atoms with Gasteiger partial charge in [-0.3, -0.25) is 0 Å². The van der Waals surface area contributed by atoms with Crippen molar-refractivity contribution >= 4 is 16.9 Å². The highest BCUT2D eigenvalue weighted by Gasteiger charge is 2.30. The molecular weight excluding hydrogens is 415 g/mol. The van der Waals surface area contributed by atoms with Gasteiger partial charge in [-0.15, -0.1) is 0 Å². The summed E-state index contributed by atoms with van der Waals surface area (Å²) in [6.07, 6.45) is -0.180. The molecule has 5 nitrogen and oxygen atoms in total. The summed E-state index contributed by atoms with van der Waals surface area (Å²) in [5, 5.41) is 4.18. The van der Waals surface area contributed by atoms with Crippen LogP contribution in [0.1, 0.15) is 12.0 Å². The van der Waals surface area contributed by atoms with Crippen molar-refractivity contribution in [1.29, 1.82) is 0 Å². The highest BCUT2D eigenvalue weighted by atomic mass is 19.4. The van der Waals surface area contributed by atoms with Crippen molar-refractivity contribution in [2.24, 2.45) is 0 Å². The molecule has 0 fully saturated rings. The van der Waals surface area contributed by atoms with E-state index in [9.17, 15) is 13.2 Å². The van der Waals surface area contributed by atoms with Crippen LogP contribution in [0.4, 0.5) is 19.0 Å². The van der Waals surface area contributed by atoms with Crippen molar-refractivity contribution < 1.29 is 18.1 Å². The van der Waals surface area contributed by atoms with Crippen LogP contribution in [-0.2, 0) is 6.18 Å². The fraction of sp³-hybridized carbons (Fsp3) is 0.250. The van der Waals surface area contributed by atoms with E-state index in [1.165, 1.54) is 17.3 Å². The second-order valence-electron chi connectivity index (χ2n) is 7.99. The van der Waals surface area contributed by atoms with E-state index in [4.69, 9.17) is 0 Å². The molecule has 166 valence electrons. The molecule has 2 heterocycles. The number of rotatable bonds is 7. The SMILES string of the molecule is C[NH+](C)CCCNc1ncnc2c1c(-c1ccccc1)cn2-c1cccc(C(F)(F)F)c1. The van der Waals surface area contributed by atoms with Crippen molar-refractivity contribution in [2.75, 3.05) is 32.5 Å². The summed E-state index contributed by atoms with van der Waals surface area (Å²) in [5.41, 5.74) is 2.06. The molecule has 0 bridgehead atoms. The smallest absolute Gasteiger partial charge is 0.369 e. The quantitative estimate of drug-likeness (QED) is 0.426. The fourth-order valence-electron chi connectivity index (χ4n) is 3.71. The molecule has 0 aliphatic carbocycles. The number of anilines is 1. The molecule has 0 saturated carbocycles. The second-order valence-corrected chi connectivity index (χ2v) is 7.99. The molecule has 8 heteroatoms. The molecule has 2 aromatic carbocycles. The van der Waals surface area contributed by atoms with Crippen molar-refractivity contribution in [3.8, 4) is 16.8 Å². The van der Waals surface area contributed by atoms with Crippen molar-refractivity contribution in [3.63, 3.8) is 0 Å². The zero-order chi connectivity index (χ0) is 22.7. The maximum Gasteiger partial charge on any atom is 0.416 e. The van der Waals surface area contributed by atoms with Gasteiger partial charge in [-0.05, 0) is 23.8 Å². The van der Waals surface area contributed by atoms with Gasteiger partial charge in [0, 0.05) is 30.4 Å². The summed E-state index contributed by atoms with van der Waals surface area (Å²) in [4.78, 5) is 10.3. The van der Waals surface area contributed by atoms with Crippen molar-refractivity contribution in [3.05, 3.63) is 72.7 Å². The number of halogens is 3. The average Bonchev–Trinajstić information content (AvgIpc) is 3.17. The summed E-state index contributed by atoms with van der Waals surface area (Å²) >= 11 is 0. The fourth-order valence-corrected chi connectivity index (χ4v) is 3.71. The minimum absolute atomic E-state index is 0.396. The van der Waals surface area contributed by atoms with Crippen LogP contribution in [0.2, 0.25) is 0 Å². The van der Waals surface area contributed by atoms with Gasteiger partial charge in [0.1, 0.15) is 12.1 Å². The molecule has 0 saturated heterocycles. The second kappa shape index (κ2) is 9.00. The third-order valence-corrected chi connectivity index (χ3v) is 5.27. The lowest BCUT2D eigenvalue weighted by molar-refractivity contribution is -0.858. The van der Waals surface area contributed by atoms with Crippen LogP contribution in [0.3, 0.4) is 0 Å². The molecule has 0 aliphatic heterocycles. The lowest BCUT2D eigenvalue weighted by atomic mass is 10.1. The van der Waals surface area contributed by atoms with E-state index in [2.05, 4.69) is 29.4 Å². The molecule has 0 amide bonds. The minimum atomic E-state index is -4.42. The zero-order valence-electron chi connectivity index (χ0n) is 17.9. The van der Waals surface area contributed by atoms with Gasteiger partial charge in [-0.2, -0.15) is 13.2 Å². The van der Waals surface area contributed by atoms with E-state index in [1.54, 1.807) is 10.6 Å². The highest BCUT2D eigenvalue weighted by Crippen LogP contribution is 2.36.